The summed E-state index contributed by atoms with van der Waals surface area (Å²) in [6.45, 7) is 7.40. The molecule has 4 aromatic rings. The summed E-state index contributed by atoms with van der Waals surface area (Å²) in [4.78, 5) is 63.0. The number of H-pyrrole nitrogens is 1. The maximum atomic E-state index is 14.8. The number of para-hydroxylation sites is 1. The number of ketones is 2. The molecule has 12 heteroatoms. The summed E-state index contributed by atoms with van der Waals surface area (Å²) in [5, 5.41) is 3.31. The monoisotopic (exact) mass is 749 g/mol. The molecule has 0 saturated heterocycles. The molecule has 0 spiro atoms. The van der Waals surface area contributed by atoms with E-state index in [1.807, 2.05) is 27.7 Å². The van der Waals surface area contributed by atoms with E-state index in [9.17, 15) is 36.7 Å². The fourth-order valence-corrected chi connectivity index (χ4v) is 7.40. The van der Waals surface area contributed by atoms with Gasteiger partial charge in [-0.25, -0.2) is 4.39 Å². The zero-order chi connectivity index (χ0) is 39.2. The van der Waals surface area contributed by atoms with Crippen LogP contribution in [0.3, 0.4) is 0 Å². The van der Waals surface area contributed by atoms with E-state index in [4.69, 9.17) is 4.74 Å². The normalized spacial score (nSPS) is 17.9. The van der Waals surface area contributed by atoms with Gasteiger partial charge in [-0.15, -0.1) is 0 Å². The third-order valence-corrected chi connectivity index (χ3v) is 11.1. The lowest BCUT2D eigenvalue weighted by atomic mass is 9.72. The highest BCUT2D eigenvalue weighted by Crippen LogP contribution is 2.41. The van der Waals surface area contributed by atoms with Gasteiger partial charge in [0.05, 0.1) is 17.0 Å². The van der Waals surface area contributed by atoms with Gasteiger partial charge in [0, 0.05) is 55.1 Å². The number of nitrogens with one attached hydrogen (secondary N) is 2. The minimum Gasteiger partial charge on any atom is -0.461 e. The minimum absolute atomic E-state index is 0.0257. The van der Waals surface area contributed by atoms with Gasteiger partial charge in [-0.3, -0.25) is 24.2 Å². The maximum Gasteiger partial charge on any atom is 0.418 e. The van der Waals surface area contributed by atoms with Gasteiger partial charge >= 0.3 is 12.1 Å². The number of hydrogen-bond acceptors (Lipinski definition) is 6. The quantitative estimate of drug-likeness (QED) is 0.0880. The largest absolute Gasteiger partial charge is 0.461 e. The second-order valence-corrected chi connectivity index (χ2v) is 14.6. The van der Waals surface area contributed by atoms with Crippen LogP contribution in [-0.4, -0.2) is 38.9 Å². The number of Topliss-reactive ketones (excluding diaryl/α,β-unsaturated/α-hetero) is 2. The molecule has 0 saturated carbocycles. The van der Waals surface area contributed by atoms with Crippen molar-refractivity contribution in [3.05, 3.63) is 101 Å². The molecule has 2 aromatic heterocycles. The molecule has 2 heterocycles. The molecule has 2 N–H and O–H groups in total. The first-order chi connectivity index (χ1) is 25.7. The molecule has 1 amide bonds. The van der Waals surface area contributed by atoms with E-state index in [-0.39, 0.29) is 73.8 Å². The van der Waals surface area contributed by atoms with E-state index in [0.717, 1.165) is 6.07 Å². The summed E-state index contributed by atoms with van der Waals surface area (Å²) in [5.41, 5.74) is -0.603. The lowest BCUT2D eigenvalue weighted by Crippen LogP contribution is -2.60. The Hall–Kier alpha value is -4.87. The average molecular weight is 750 g/mol. The Morgan fingerprint density at radius 3 is 2.28 bits per heavy atom. The number of aromatic nitrogens is 2. The Kier molecular flexibility index (Phi) is 12.7. The topological polar surface area (TPSA) is 118 Å². The third kappa shape index (κ3) is 9.07. The smallest absolute Gasteiger partial charge is 0.418 e. The van der Waals surface area contributed by atoms with Gasteiger partial charge < -0.3 is 15.0 Å². The summed E-state index contributed by atoms with van der Waals surface area (Å²) < 4.78 is 62.3. The number of hydrogen-bond donors (Lipinski definition) is 2. The molecule has 288 valence electrons. The van der Waals surface area contributed by atoms with Crippen LogP contribution in [0, 0.1) is 29.5 Å². The number of carbonyl (C=O) groups excluding carboxylic acids is 4. The van der Waals surface area contributed by atoms with Crippen molar-refractivity contribution in [3.8, 4) is 0 Å². The fourth-order valence-electron chi connectivity index (χ4n) is 7.40. The summed E-state index contributed by atoms with van der Waals surface area (Å²) >= 11 is 0. The van der Waals surface area contributed by atoms with Crippen LogP contribution in [0.25, 0.3) is 10.9 Å². The molecule has 8 nitrogen and oxygen atoms in total. The lowest BCUT2D eigenvalue weighted by molar-refractivity contribution is -0.154. The first-order valence-electron chi connectivity index (χ1n) is 18.5. The Bertz CT molecular complexity index is 1980. The van der Waals surface area contributed by atoms with Gasteiger partial charge in [0.1, 0.15) is 23.7 Å². The molecule has 5 atom stereocenters. The van der Waals surface area contributed by atoms with E-state index >= 15 is 0 Å². The van der Waals surface area contributed by atoms with Gasteiger partial charge in [0.25, 0.3) is 0 Å². The van der Waals surface area contributed by atoms with Crippen LogP contribution in [0.4, 0.5) is 17.6 Å². The predicted octanol–water partition coefficient (Wildman–Crippen LogP) is 8.29. The zero-order valence-corrected chi connectivity index (χ0v) is 31.0. The van der Waals surface area contributed by atoms with Crippen molar-refractivity contribution in [1.82, 2.24) is 15.3 Å². The summed E-state index contributed by atoms with van der Waals surface area (Å²) in [7, 11) is 0. The molecule has 1 aliphatic carbocycles. The molecular formula is C42H47F4N3O5. The Balaban J connectivity index is 1.49. The van der Waals surface area contributed by atoms with Crippen LogP contribution in [0.15, 0.2) is 67.0 Å². The van der Waals surface area contributed by atoms with E-state index in [0.29, 0.717) is 35.0 Å². The molecule has 0 radical (unpaired) electrons. The van der Waals surface area contributed by atoms with E-state index < -0.39 is 52.6 Å². The van der Waals surface area contributed by atoms with Crippen LogP contribution < -0.4 is 5.32 Å². The molecule has 0 bridgehead atoms. The standard InChI is InChI=1S/C42H47F4N3O5/c1-5-25(3)31(21-29(50)20-28-10-7-8-13-35(28)43)39(52)49-41(17-14-36-33(23-41)30-11-9-12-34(38(30)48-36)42(44,45)46)37(51)22-32(26(4)6-2)40(53)54-24-27-15-18-47-19-16-27/h7-13,15-16,18-19,25-26,31-32,48H,5-6,14,17,20-24H2,1-4H3,(H,49,52)/t25?,26?,31-,32-,41+/m0/s1. The first-order valence-corrected chi connectivity index (χ1v) is 18.5. The number of rotatable bonds is 16. The van der Waals surface area contributed by atoms with Crippen LogP contribution >= 0.6 is 0 Å². The van der Waals surface area contributed by atoms with Gasteiger partial charge in [0.2, 0.25) is 5.91 Å². The number of esters is 1. The van der Waals surface area contributed by atoms with Gasteiger partial charge in [-0.05, 0) is 65.6 Å². The molecule has 1 aliphatic rings. The van der Waals surface area contributed by atoms with Crippen LogP contribution in [0.1, 0.15) is 87.7 Å². The predicted molar refractivity (Wildman–Crippen MR) is 195 cm³/mol. The highest BCUT2D eigenvalue weighted by Gasteiger charge is 2.47. The maximum absolute atomic E-state index is 14.8. The van der Waals surface area contributed by atoms with Crippen molar-refractivity contribution in [3.63, 3.8) is 0 Å². The lowest BCUT2D eigenvalue weighted by Gasteiger charge is -2.39. The van der Waals surface area contributed by atoms with Crippen LogP contribution in [0.2, 0.25) is 0 Å². The highest BCUT2D eigenvalue weighted by molar-refractivity contribution is 5.98. The Morgan fingerprint density at radius 1 is 0.926 bits per heavy atom. The minimum atomic E-state index is -4.63. The van der Waals surface area contributed by atoms with Crippen LogP contribution in [0.5, 0.6) is 0 Å². The van der Waals surface area contributed by atoms with Crippen molar-refractivity contribution >= 4 is 34.3 Å². The third-order valence-electron chi connectivity index (χ3n) is 11.1. The van der Waals surface area contributed by atoms with Crippen molar-refractivity contribution in [2.75, 3.05) is 0 Å². The number of alkyl halides is 3. The summed E-state index contributed by atoms with van der Waals surface area (Å²) in [6.07, 6.45) is -1.03. The van der Waals surface area contributed by atoms with Crippen molar-refractivity contribution in [2.45, 2.75) is 97.4 Å². The van der Waals surface area contributed by atoms with Crippen molar-refractivity contribution < 1.29 is 41.5 Å². The number of fused-ring (bicyclic) bond motifs is 3. The van der Waals surface area contributed by atoms with E-state index in [1.165, 1.54) is 24.3 Å². The van der Waals surface area contributed by atoms with Crippen LogP contribution in [-0.2, 0) is 56.0 Å². The first kappa shape index (κ1) is 40.3. The summed E-state index contributed by atoms with van der Waals surface area (Å²) in [6, 6.07) is 13.2. The number of aromatic amines is 1. The number of aryl methyl sites for hydroxylation is 1. The molecule has 2 unspecified atom stereocenters. The van der Waals surface area contributed by atoms with E-state index in [2.05, 4.69) is 15.3 Å². The average Bonchev–Trinajstić information content (AvgIpc) is 3.52. The SMILES string of the molecule is CCC(C)[C@H](CC(=O)Cc1ccccc1F)C(=O)N[C@]1(C(=O)C[C@H](C(=O)OCc2ccncc2)C(C)CC)CCc2[nH]c3c(C(F)(F)F)cccc3c2C1. The number of pyridine rings is 1. The fraction of sp³-hybridized carbons (Fsp3) is 0.452. The van der Waals surface area contributed by atoms with Crippen molar-refractivity contribution in [2.24, 2.45) is 23.7 Å². The number of carbonyl (C=O) groups is 4. The van der Waals surface area contributed by atoms with Gasteiger partial charge in [-0.2, -0.15) is 13.2 Å². The number of halogens is 4. The second kappa shape index (κ2) is 17.1. The highest BCUT2D eigenvalue weighted by atomic mass is 19.4. The number of nitrogens with zero attached hydrogens (tertiary/aromatic N) is 1. The molecule has 0 fully saturated rings. The molecular weight excluding hydrogens is 702 g/mol. The molecule has 54 heavy (non-hydrogen) atoms. The Labute approximate surface area is 312 Å². The molecule has 5 rings (SSSR count). The summed E-state index contributed by atoms with van der Waals surface area (Å²) in [5.74, 6) is -4.80. The number of benzene rings is 2. The Morgan fingerprint density at radius 2 is 1.61 bits per heavy atom. The molecule has 2 aromatic carbocycles. The second-order valence-electron chi connectivity index (χ2n) is 14.6. The zero-order valence-electron chi connectivity index (χ0n) is 31.0. The van der Waals surface area contributed by atoms with E-state index in [1.54, 1.807) is 36.7 Å². The van der Waals surface area contributed by atoms with Gasteiger partial charge in [0.15, 0.2) is 5.78 Å². The number of ether oxygens (including phenoxy) is 1. The van der Waals surface area contributed by atoms with Crippen molar-refractivity contribution in [1.29, 1.82) is 0 Å². The molecule has 0 aliphatic heterocycles. The van der Waals surface area contributed by atoms with Gasteiger partial charge in [-0.1, -0.05) is 70.9 Å². The number of amides is 1.